The second kappa shape index (κ2) is 7.48. The van der Waals surface area contributed by atoms with Crippen LogP contribution < -0.4 is 0 Å². The highest BCUT2D eigenvalue weighted by molar-refractivity contribution is 5.92. The van der Waals surface area contributed by atoms with E-state index < -0.39 is 0 Å². The second-order valence-electron chi connectivity index (χ2n) is 4.83. The van der Waals surface area contributed by atoms with Crippen molar-refractivity contribution in [2.24, 2.45) is 5.92 Å². The highest BCUT2D eigenvalue weighted by Gasteiger charge is 2.19. The molecule has 0 amide bonds. The summed E-state index contributed by atoms with van der Waals surface area (Å²) in [6.45, 7) is 2.13. The lowest BCUT2D eigenvalue weighted by Crippen LogP contribution is -2.16. The normalized spacial score (nSPS) is 18.7. The monoisotopic (exact) mass is 224 g/mol. The third-order valence-electron chi connectivity index (χ3n) is 3.35. The highest BCUT2D eigenvalue weighted by atomic mass is 16.3. The van der Waals surface area contributed by atoms with Crippen molar-refractivity contribution in [3.05, 3.63) is 11.8 Å². The molecule has 1 aliphatic rings. The third-order valence-corrected chi connectivity index (χ3v) is 3.35. The summed E-state index contributed by atoms with van der Waals surface area (Å²) in [6, 6.07) is 0. The quantitative estimate of drug-likeness (QED) is 0.418. The van der Waals surface area contributed by atoms with Gasteiger partial charge in [0, 0.05) is 18.4 Å². The van der Waals surface area contributed by atoms with E-state index in [1.54, 1.807) is 0 Å². The van der Waals surface area contributed by atoms with Gasteiger partial charge >= 0.3 is 0 Å². The van der Waals surface area contributed by atoms with Gasteiger partial charge in [-0.25, -0.2) is 0 Å². The molecule has 92 valence electrons. The molecule has 16 heavy (non-hydrogen) atoms. The average molecular weight is 224 g/mol. The first-order chi connectivity index (χ1) is 7.74. The molecule has 0 spiro atoms. The maximum atomic E-state index is 11.8. The molecule has 2 heteroatoms. The number of carbonyl (C=O) groups is 1. The van der Waals surface area contributed by atoms with E-state index in [-0.39, 0.29) is 17.5 Å². The molecule has 0 atom stereocenters. The van der Waals surface area contributed by atoms with E-state index in [1.165, 1.54) is 25.3 Å². The SMILES string of the molecule is CCCCC/C(O)=C/C(=O)C1CCCCC1. The van der Waals surface area contributed by atoms with E-state index in [9.17, 15) is 9.90 Å². The number of unbranched alkanes of at least 4 members (excludes halogenated alkanes) is 2. The van der Waals surface area contributed by atoms with Crippen molar-refractivity contribution in [3.63, 3.8) is 0 Å². The van der Waals surface area contributed by atoms with Crippen molar-refractivity contribution >= 4 is 5.78 Å². The lowest BCUT2D eigenvalue weighted by Gasteiger charge is -2.18. The fourth-order valence-electron chi connectivity index (χ4n) is 2.30. The standard InChI is InChI=1S/C14H24O2/c1-2-3-5-10-13(15)11-14(16)12-8-6-4-7-9-12/h11-12,15H,2-10H2,1H3/b13-11-. The van der Waals surface area contributed by atoms with E-state index in [0.29, 0.717) is 6.42 Å². The van der Waals surface area contributed by atoms with Gasteiger partial charge in [-0.05, 0) is 19.3 Å². The van der Waals surface area contributed by atoms with Crippen LogP contribution >= 0.6 is 0 Å². The van der Waals surface area contributed by atoms with Gasteiger partial charge in [-0.2, -0.15) is 0 Å². The molecule has 0 bridgehead atoms. The van der Waals surface area contributed by atoms with E-state index in [4.69, 9.17) is 0 Å². The zero-order valence-corrected chi connectivity index (χ0v) is 10.4. The number of rotatable bonds is 6. The van der Waals surface area contributed by atoms with Crippen molar-refractivity contribution in [1.82, 2.24) is 0 Å². The Labute approximate surface area is 98.7 Å². The van der Waals surface area contributed by atoms with Crippen LogP contribution in [0, 0.1) is 5.92 Å². The van der Waals surface area contributed by atoms with Crippen molar-refractivity contribution in [2.75, 3.05) is 0 Å². The Kier molecular flexibility index (Phi) is 6.20. The molecule has 1 saturated carbocycles. The molecule has 0 aromatic rings. The zero-order valence-electron chi connectivity index (χ0n) is 10.4. The van der Waals surface area contributed by atoms with Gasteiger partial charge in [0.2, 0.25) is 0 Å². The fraction of sp³-hybridized carbons (Fsp3) is 0.786. The molecule has 1 fully saturated rings. The Morgan fingerprint density at radius 2 is 1.94 bits per heavy atom. The van der Waals surface area contributed by atoms with Crippen LogP contribution in [-0.2, 0) is 4.79 Å². The Hall–Kier alpha value is -0.790. The number of aliphatic hydroxyl groups excluding tert-OH is 1. The Balaban J connectivity index is 2.32. The van der Waals surface area contributed by atoms with Gasteiger partial charge in [0.15, 0.2) is 5.78 Å². The summed E-state index contributed by atoms with van der Waals surface area (Å²) in [5, 5.41) is 9.62. The van der Waals surface area contributed by atoms with Gasteiger partial charge in [0.1, 0.15) is 0 Å². The molecule has 0 unspecified atom stereocenters. The first kappa shape index (κ1) is 13.3. The van der Waals surface area contributed by atoms with Crippen molar-refractivity contribution < 1.29 is 9.90 Å². The number of allylic oxidation sites excluding steroid dienone is 2. The highest BCUT2D eigenvalue weighted by Crippen LogP contribution is 2.25. The molecule has 0 aromatic heterocycles. The molecule has 2 nitrogen and oxygen atoms in total. The van der Waals surface area contributed by atoms with Crippen molar-refractivity contribution in [1.29, 1.82) is 0 Å². The molecule has 1 N–H and O–H groups in total. The second-order valence-corrected chi connectivity index (χ2v) is 4.83. The molecule has 1 rings (SSSR count). The fourth-order valence-corrected chi connectivity index (χ4v) is 2.30. The van der Waals surface area contributed by atoms with Gasteiger partial charge in [0.05, 0.1) is 5.76 Å². The van der Waals surface area contributed by atoms with Gasteiger partial charge in [-0.1, -0.05) is 39.0 Å². The van der Waals surface area contributed by atoms with Crippen LogP contribution in [0.1, 0.15) is 64.7 Å². The van der Waals surface area contributed by atoms with Crippen LogP contribution in [0.5, 0.6) is 0 Å². The number of aliphatic hydroxyl groups is 1. The summed E-state index contributed by atoms with van der Waals surface area (Å²) in [5.41, 5.74) is 0. The molecular formula is C14H24O2. The molecule has 1 aliphatic carbocycles. The van der Waals surface area contributed by atoms with Crippen LogP contribution in [0.2, 0.25) is 0 Å². The molecule has 0 aliphatic heterocycles. The summed E-state index contributed by atoms with van der Waals surface area (Å²) < 4.78 is 0. The van der Waals surface area contributed by atoms with Crippen molar-refractivity contribution in [3.8, 4) is 0 Å². The molecule has 0 heterocycles. The smallest absolute Gasteiger partial charge is 0.162 e. The van der Waals surface area contributed by atoms with Crippen LogP contribution in [0.15, 0.2) is 11.8 Å². The minimum absolute atomic E-state index is 0.147. The van der Waals surface area contributed by atoms with Crippen LogP contribution in [0.25, 0.3) is 0 Å². The molecule has 0 radical (unpaired) electrons. The van der Waals surface area contributed by atoms with Crippen LogP contribution in [0.3, 0.4) is 0 Å². The van der Waals surface area contributed by atoms with Crippen LogP contribution in [0.4, 0.5) is 0 Å². The van der Waals surface area contributed by atoms with Crippen LogP contribution in [-0.4, -0.2) is 10.9 Å². The van der Waals surface area contributed by atoms with E-state index in [0.717, 1.165) is 32.1 Å². The average Bonchev–Trinajstić information content (AvgIpc) is 2.30. The molecular weight excluding hydrogens is 200 g/mol. The number of hydrogen-bond acceptors (Lipinski definition) is 2. The van der Waals surface area contributed by atoms with Gasteiger partial charge < -0.3 is 5.11 Å². The topological polar surface area (TPSA) is 37.3 Å². The van der Waals surface area contributed by atoms with Gasteiger partial charge in [-0.15, -0.1) is 0 Å². The van der Waals surface area contributed by atoms with E-state index in [2.05, 4.69) is 6.92 Å². The molecule has 0 aromatic carbocycles. The van der Waals surface area contributed by atoms with Crippen molar-refractivity contribution in [2.45, 2.75) is 64.7 Å². The lowest BCUT2D eigenvalue weighted by molar-refractivity contribution is -0.119. The van der Waals surface area contributed by atoms with Gasteiger partial charge in [-0.3, -0.25) is 4.79 Å². The van der Waals surface area contributed by atoms with Gasteiger partial charge in [0.25, 0.3) is 0 Å². The predicted molar refractivity (Wildman–Crippen MR) is 66.4 cm³/mol. The maximum absolute atomic E-state index is 11.8. The van der Waals surface area contributed by atoms with E-state index in [1.807, 2.05) is 0 Å². The number of carbonyl (C=O) groups excluding carboxylic acids is 1. The third kappa shape index (κ3) is 4.82. The maximum Gasteiger partial charge on any atom is 0.162 e. The zero-order chi connectivity index (χ0) is 11.8. The number of hydrogen-bond donors (Lipinski definition) is 1. The number of ketones is 1. The predicted octanol–water partition coefficient (Wildman–Crippen LogP) is 4.16. The largest absolute Gasteiger partial charge is 0.512 e. The Morgan fingerprint density at radius 1 is 1.25 bits per heavy atom. The summed E-state index contributed by atoms with van der Waals surface area (Å²) in [4.78, 5) is 11.8. The summed E-state index contributed by atoms with van der Waals surface area (Å²) in [7, 11) is 0. The molecule has 0 saturated heterocycles. The minimum Gasteiger partial charge on any atom is -0.512 e. The first-order valence-corrected chi connectivity index (χ1v) is 6.67. The Morgan fingerprint density at radius 3 is 2.56 bits per heavy atom. The summed E-state index contributed by atoms with van der Waals surface area (Å²) in [5.74, 6) is 0.611. The summed E-state index contributed by atoms with van der Waals surface area (Å²) >= 11 is 0. The van der Waals surface area contributed by atoms with E-state index >= 15 is 0 Å². The Bertz CT molecular complexity index is 237. The first-order valence-electron chi connectivity index (χ1n) is 6.67. The lowest BCUT2D eigenvalue weighted by atomic mass is 9.86. The minimum atomic E-state index is 0.147. The summed E-state index contributed by atoms with van der Waals surface area (Å²) in [6.07, 6.45) is 11.0.